The van der Waals surface area contributed by atoms with Gasteiger partial charge in [-0.1, -0.05) is 24.3 Å². The molecule has 4 fully saturated rings. The molecule has 0 bridgehead atoms. The maximum absolute atomic E-state index is 5.54. The van der Waals surface area contributed by atoms with Crippen LogP contribution in [0, 0.1) is 13.8 Å². The summed E-state index contributed by atoms with van der Waals surface area (Å²) in [7, 11) is 8.73. The number of nitrogen functional groups attached to an aromatic ring is 1. The Balaban J connectivity index is 0.000000251. The van der Waals surface area contributed by atoms with Crippen LogP contribution < -0.4 is 19.0 Å². The molecular formula is C42H62I6N9-. The minimum absolute atomic E-state index is 0. The van der Waals surface area contributed by atoms with E-state index in [4.69, 9.17) is 5.73 Å². The van der Waals surface area contributed by atoms with Crippen molar-refractivity contribution in [1.29, 1.82) is 0 Å². The van der Waals surface area contributed by atoms with Crippen LogP contribution in [0.5, 0.6) is 0 Å². The summed E-state index contributed by atoms with van der Waals surface area (Å²) in [6, 6.07) is 19.1. The molecule has 0 aliphatic carbocycles. The van der Waals surface area contributed by atoms with E-state index in [9.17, 15) is 0 Å². The van der Waals surface area contributed by atoms with Crippen molar-refractivity contribution in [2.45, 2.75) is 89.4 Å². The Bertz CT molecular complexity index is 1460. The van der Waals surface area contributed by atoms with Crippen molar-refractivity contribution < 1.29 is 13.3 Å². The summed E-state index contributed by atoms with van der Waals surface area (Å²) in [5, 5.41) is 0. The zero-order chi connectivity index (χ0) is 40.9. The number of nitrogens with zero attached hydrogens (tertiary/aromatic N) is 8. The summed E-state index contributed by atoms with van der Waals surface area (Å²) in [6.45, 7) is 8.91. The molecular weight excluding hydrogens is 1390 g/mol. The van der Waals surface area contributed by atoms with Crippen LogP contribution in [-0.2, 0) is 0 Å². The van der Waals surface area contributed by atoms with Crippen LogP contribution in [0.15, 0.2) is 79.5 Å². The fourth-order valence-electron chi connectivity index (χ4n) is 7.87. The van der Waals surface area contributed by atoms with Crippen LogP contribution in [0.3, 0.4) is 0 Å². The van der Waals surface area contributed by atoms with E-state index < -0.39 is 0 Å². The quantitative estimate of drug-likeness (QED) is 0.202. The number of likely N-dealkylation sites (tertiary alicyclic amines) is 4. The van der Waals surface area contributed by atoms with Crippen LogP contribution in [0.25, 0.3) is 0 Å². The van der Waals surface area contributed by atoms with Gasteiger partial charge in [0.25, 0.3) is 0 Å². The van der Waals surface area contributed by atoms with Crippen molar-refractivity contribution >= 4 is 104 Å². The third-order valence-electron chi connectivity index (χ3n) is 11.0. The second-order valence-electron chi connectivity index (χ2n) is 14.9. The Morgan fingerprint density at radius 1 is 0.544 bits per heavy atom. The van der Waals surface area contributed by atoms with Crippen LogP contribution >= 0.6 is 98.4 Å². The van der Waals surface area contributed by atoms with Crippen LogP contribution in [-0.4, -0.2) is 93.9 Å². The molecule has 4 aromatic heterocycles. The van der Waals surface area contributed by atoms with Gasteiger partial charge in [0.05, 0.1) is 0 Å². The van der Waals surface area contributed by atoms with E-state index in [1.54, 1.807) is 0 Å². The number of hydrogen-bond acceptors (Lipinski definition) is 9. The molecule has 0 aromatic carbocycles. The molecule has 318 valence electrons. The fourth-order valence-corrected chi connectivity index (χ4v) is 7.87. The fraction of sp³-hybridized carbons (Fsp3) is 0.524. The van der Waals surface area contributed by atoms with E-state index in [0.29, 0.717) is 43.2 Å². The first-order valence-electron chi connectivity index (χ1n) is 19.4. The molecule has 15 heteroatoms. The van der Waals surface area contributed by atoms with Crippen molar-refractivity contribution in [2.75, 3.05) is 60.1 Å². The van der Waals surface area contributed by atoms with Crippen LogP contribution in [0.1, 0.15) is 109 Å². The monoisotopic (exact) mass is 1450 g/mol. The molecule has 8 heterocycles. The van der Waals surface area contributed by atoms with Crippen molar-refractivity contribution in [3.8, 4) is 0 Å². The van der Waals surface area contributed by atoms with E-state index in [-0.39, 0.29) is 24.0 Å². The van der Waals surface area contributed by atoms with Crippen molar-refractivity contribution in [3.63, 3.8) is 0 Å². The molecule has 4 saturated heterocycles. The van der Waals surface area contributed by atoms with E-state index in [2.05, 4.69) is 179 Å². The first-order chi connectivity index (χ1) is 27.1. The molecule has 8 rings (SSSR count). The molecule has 4 aliphatic heterocycles. The summed E-state index contributed by atoms with van der Waals surface area (Å²) in [5.41, 5.74) is 13.1. The molecule has 0 radical (unpaired) electrons. The van der Waals surface area contributed by atoms with Gasteiger partial charge < -0.3 is 5.73 Å². The van der Waals surface area contributed by atoms with Crippen LogP contribution in [0.2, 0.25) is 0 Å². The van der Waals surface area contributed by atoms with Gasteiger partial charge in [0.1, 0.15) is 5.82 Å². The zero-order valence-electron chi connectivity index (χ0n) is 34.3. The van der Waals surface area contributed by atoms with Crippen molar-refractivity contribution in [1.82, 2.24) is 39.5 Å². The van der Waals surface area contributed by atoms with Crippen molar-refractivity contribution in [3.05, 3.63) is 113 Å². The first-order valence-corrected chi connectivity index (χ1v) is 38.3. The predicted molar refractivity (Wildman–Crippen MR) is 281 cm³/mol. The van der Waals surface area contributed by atoms with Gasteiger partial charge in [-0.3, -0.25) is 34.6 Å². The summed E-state index contributed by atoms with van der Waals surface area (Å²) in [6.07, 6.45) is 20.0. The second-order valence-corrected chi connectivity index (χ2v) is 31.1. The summed E-state index contributed by atoms with van der Waals surface area (Å²) in [4.78, 5) is 26.5. The first kappa shape index (κ1) is 53.8. The third kappa shape index (κ3) is 18.9. The summed E-state index contributed by atoms with van der Waals surface area (Å²) >= 11 is 9.54. The van der Waals surface area contributed by atoms with Gasteiger partial charge in [-0.15, -0.1) is 24.0 Å². The number of pyridine rings is 4. The SMILES string of the molecule is CN1CCCC1c1ccc(N)nc1.CN1CCCC1c1cccnc1.Cc1ccc(C2CCCN2C)cn1.Cc1ccc(C2CCCN2C)cn1.I.II.I[I-]I. The summed E-state index contributed by atoms with van der Waals surface area (Å²) in [5.74, 6) is 0.601. The third-order valence-corrected chi connectivity index (χ3v) is 11.0. The normalized spacial score (nSPS) is 21.9. The second kappa shape index (κ2) is 30.6. The van der Waals surface area contributed by atoms with E-state index in [0.717, 1.165) is 11.4 Å². The van der Waals surface area contributed by atoms with Gasteiger partial charge in [0.15, 0.2) is 0 Å². The molecule has 9 nitrogen and oxygen atoms in total. The average Bonchev–Trinajstić information content (AvgIpc) is 4.05. The molecule has 0 saturated carbocycles. The molecule has 0 amide bonds. The standard InChI is InChI=1S/2C11H16N2.C10H15N3.C10H14N2.I3.I2.HI/c2*1-9-5-6-10(8-12-9)11-4-3-7-13(11)2;1-13-6-2-3-9(13)8-4-5-10(11)12-7-8;1-12-7-3-5-10(12)9-4-2-6-11-8-9;1-3-2;1-2;/h2*5-6,8,11H,3-4,7H2,1-2H3;4-5,7,9H,2-3,6H2,1H3,(H2,11,12);2,4,6,8,10H,3,5,7H2,1H3;;;1H/q;;;;-1;;. The Morgan fingerprint density at radius 3 is 1.12 bits per heavy atom. The minimum atomic E-state index is 0. The molecule has 4 atom stereocenters. The molecule has 0 spiro atoms. The topological polar surface area (TPSA) is 90.5 Å². The summed E-state index contributed by atoms with van der Waals surface area (Å²) < 4.78 is 0. The Kier molecular flexibility index (Phi) is 28.9. The van der Waals surface area contributed by atoms with Gasteiger partial charge in [0, 0.05) is 104 Å². The number of halogens is 6. The average molecular weight is 1450 g/mol. The van der Waals surface area contributed by atoms with E-state index in [1.165, 1.54) is 99.8 Å². The Labute approximate surface area is 414 Å². The van der Waals surface area contributed by atoms with Gasteiger partial charge >= 0.3 is 50.5 Å². The number of nitrogens with two attached hydrogens (primary N) is 1. The van der Waals surface area contributed by atoms with Gasteiger partial charge in [0.2, 0.25) is 0 Å². The molecule has 4 aromatic rings. The maximum atomic E-state index is 5.54. The number of anilines is 1. The Morgan fingerprint density at radius 2 is 0.877 bits per heavy atom. The molecule has 4 aliphatic rings. The number of rotatable bonds is 4. The zero-order valence-corrected chi connectivity index (χ0v) is 47.4. The number of aromatic nitrogens is 4. The molecule has 4 unspecified atom stereocenters. The van der Waals surface area contributed by atoms with Gasteiger partial charge in [-0.05, 0) is 166 Å². The van der Waals surface area contributed by atoms with E-state index in [1.807, 2.05) is 57.0 Å². The molecule has 2 N–H and O–H groups in total. The number of aryl methyl sites for hydroxylation is 2. The van der Waals surface area contributed by atoms with Gasteiger partial charge in [-0.2, -0.15) is 0 Å². The van der Waals surface area contributed by atoms with Gasteiger partial charge in [-0.25, -0.2) is 4.98 Å². The predicted octanol–water partition coefficient (Wildman–Crippen LogP) is 8.76. The number of hydrogen-bond donors (Lipinski definition) is 1. The molecule has 57 heavy (non-hydrogen) atoms. The van der Waals surface area contributed by atoms with Crippen LogP contribution in [0.4, 0.5) is 5.82 Å². The Hall–Kier alpha value is 0.620. The van der Waals surface area contributed by atoms with E-state index >= 15 is 0 Å². The van der Waals surface area contributed by atoms with Crippen molar-refractivity contribution in [2.24, 2.45) is 0 Å².